The normalized spacial score (nSPS) is 18.4. The van der Waals surface area contributed by atoms with Crippen LogP contribution in [0.2, 0.25) is 0 Å². The predicted octanol–water partition coefficient (Wildman–Crippen LogP) is 1.47. The van der Waals surface area contributed by atoms with E-state index in [-0.39, 0.29) is 30.0 Å². The fourth-order valence-corrected chi connectivity index (χ4v) is 2.21. The second-order valence-corrected chi connectivity index (χ2v) is 4.75. The molecule has 0 aliphatic carbocycles. The van der Waals surface area contributed by atoms with E-state index in [2.05, 4.69) is 10.6 Å². The third-order valence-corrected chi connectivity index (χ3v) is 3.32. The summed E-state index contributed by atoms with van der Waals surface area (Å²) in [7, 11) is 0. The number of hydrogen-bond acceptors (Lipinski definition) is 3. The van der Waals surface area contributed by atoms with E-state index in [0.717, 1.165) is 37.9 Å². The molecule has 1 fully saturated rings. The van der Waals surface area contributed by atoms with E-state index in [9.17, 15) is 4.79 Å². The van der Waals surface area contributed by atoms with E-state index >= 15 is 0 Å². The first-order chi connectivity index (χ1) is 8.75. The molecule has 0 saturated carbocycles. The maximum atomic E-state index is 11.9. The van der Waals surface area contributed by atoms with E-state index in [4.69, 9.17) is 5.11 Å². The highest BCUT2D eigenvalue weighted by Crippen LogP contribution is 2.11. The highest BCUT2D eigenvalue weighted by molar-refractivity contribution is 5.85. The summed E-state index contributed by atoms with van der Waals surface area (Å²) in [6, 6.07) is 7.09. The average Bonchev–Trinajstić information content (AvgIpc) is 2.42. The monoisotopic (exact) mass is 284 g/mol. The molecule has 0 radical (unpaired) electrons. The van der Waals surface area contributed by atoms with Crippen molar-refractivity contribution in [3.63, 3.8) is 0 Å². The van der Waals surface area contributed by atoms with Crippen LogP contribution in [0.15, 0.2) is 24.3 Å². The zero-order valence-corrected chi connectivity index (χ0v) is 11.7. The van der Waals surface area contributed by atoms with Crippen molar-refractivity contribution in [1.29, 1.82) is 0 Å². The summed E-state index contributed by atoms with van der Waals surface area (Å²) in [5.74, 6) is 0.551. The number of nitrogens with one attached hydrogen (secondary N) is 2. The molecule has 0 aromatic heterocycles. The van der Waals surface area contributed by atoms with Crippen LogP contribution < -0.4 is 10.6 Å². The standard InChI is InChI=1S/C14H20N2O2.ClH/c17-13-5-3-11(4-6-13)7-9-16-14(18)12-2-1-8-15-10-12;/h3-6,12,15,17H,1-2,7-10H2,(H,16,18);1H/t12-;/m1./s1. The lowest BCUT2D eigenvalue weighted by molar-refractivity contribution is -0.125. The van der Waals surface area contributed by atoms with Gasteiger partial charge in [0.25, 0.3) is 0 Å². The van der Waals surface area contributed by atoms with Gasteiger partial charge in [0.15, 0.2) is 0 Å². The Balaban J connectivity index is 0.00000180. The molecule has 2 rings (SSSR count). The molecule has 1 aromatic carbocycles. The second-order valence-electron chi connectivity index (χ2n) is 4.75. The molecule has 0 unspecified atom stereocenters. The van der Waals surface area contributed by atoms with Crippen molar-refractivity contribution in [3.05, 3.63) is 29.8 Å². The minimum atomic E-state index is 0. The minimum Gasteiger partial charge on any atom is -0.508 e. The van der Waals surface area contributed by atoms with Crippen molar-refractivity contribution in [1.82, 2.24) is 10.6 Å². The molecule has 5 heteroatoms. The minimum absolute atomic E-state index is 0. The van der Waals surface area contributed by atoms with Gasteiger partial charge in [0.05, 0.1) is 5.92 Å². The van der Waals surface area contributed by atoms with Gasteiger partial charge in [-0.05, 0) is 43.5 Å². The Kier molecular flexibility index (Phi) is 6.67. The number of piperidine rings is 1. The van der Waals surface area contributed by atoms with Gasteiger partial charge in [0, 0.05) is 13.1 Å². The van der Waals surface area contributed by atoms with Crippen LogP contribution in [-0.4, -0.2) is 30.6 Å². The van der Waals surface area contributed by atoms with Crippen molar-refractivity contribution >= 4 is 18.3 Å². The molecule has 0 bridgehead atoms. The number of amides is 1. The SMILES string of the molecule is Cl.O=C(NCCc1ccc(O)cc1)[C@@H]1CCCNC1. The number of benzene rings is 1. The Morgan fingerprint density at radius 2 is 2.11 bits per heavy atom. The van der Waals surface area contributed by atoms with Gasteiger partial charge in [0.1, 0.15) is 5.75 Å². The van der Waals surface area contributed by atoms with Crippen LogP contribution in [0, 0.1) is 5.92 Å². The molecule has 1 aliphatic rings. The predicted molar refractivity (Wildman–Crippen MR) is 77.7 cm³/mol. The Morgan fingerprint density at radius 3 is 2.74 bits per heavy atom. The first kappa shape index (κ1) is 15.8. The topological polar surface area (TPSA) is 61.4 Å². The maximum absolute atomic E-state index is 11.9. The zero-order chi connectivity index (χ0) is 12.8. The van der Waals surface area contributed by atoms with Crippen molar-refractivity contribution in [2.45, 2.75) is 19.3 Å². The molecule has 1 aromatic rings. The van der Waals surface area contributed by atoms with E-state index in [1.165, 1.54) is 0 Å². The molecular weight excluding hydrogens is 264 g/mol. The van der Waals surface area contributed by atoms with Crippen molar-refractivity contribution < 1.29 is 9.90 Å². The van der Waals surface area contributed by atoms with Crippen LogP contribution in [-0.2, 0) is 11.2 Å². The molecule has 106 valence electrons. The molecule has 0 spiro atoms. The highest BCUT2D eigenvalue weighted by atomic mass is 35.5. The molecule has 1 saturated heterocycles. The van der Waals surface area contributed by atoms with Gasteiger partial charge in [-0.1, -0.05) is 12.1 Å². The molecule has 3 N–H and O–H groups in total. The van der Waals surface area contributed by atoms with Gasteiger partial charge in [-0.2, -0.15) is 0 Å². The lowest BCUT2D eigenvalue weighted by Crippen LogP contribution is -2.41. The van der Waals surface area contributed by atoms with E-state index in [0.29, 0.717) is 6.54 Å². The van der Waals surface area contributed by atoms with Crippen LogP contribution in [0.5, 0.6) is 5.75 Å². The van der Waals surface area contributed by atoms with Crippen LogP contribution in [0.3, 0.4) is 0 Å². The smallest absolute Gasteiger partial charge is 0.224 e. The van der Waals surface area contributed by atoms with E-state index < -0.39 is 0 Å². The number of hydrogen-bond donors (Lipinski definition) is 3. The molecular formula is C14H21ClN2O2. The molecule has 1 amide bonds. The van der Waals surface area contributed by atoms with Crippen molar-refractivity contribution in [2.75, 3.05) is 19.6 Å². The number of halogens is 1. The van der Waals surface area contributed by atoms with Crippen LogP contribution in [0.25, 0.3) is 0 Å². The third-order valence-electron chi connectivity index (χ3n) is 3.32. The van der Waals surface area contributed by atoms with Gasteiger partial charge in [-0.15, -0.1) is 12.4 Å². The zero-order valence-electron chi connectivity index (χ0n) is 10.9. The first-order valence-corrected chi connectivity index (χ1v) is 6.52. The summed E-state index contributed by atoms with van der Waals surface area (Å²) in [6.07, 6.45) is 2.86. The molecule has 19 heavy (non-hydrogen) atoms. The number of aromatic hydroxyl groups is 1. The number of phenolic OH excluding ortho intramolecular Hbond substituents is 1. The lowest BCUT2D eigenvalue weighted by atomic mass is 9.99. The first-order valence-electron chi connectivity index (χ1n) is 6.52. The number of carbonyl (C=O) groups is 1. The fraction of sp³-hybridized carbons (Fsp3) is 0.500. The summed E-state index contributed by atoms with van der Waals surface area (Å²) in [4.78, 5) is 11.9. The molecule has 1 heterocycles. The largest absolute Gasteiger partial charge is 0.508 e. The van der Waals surface area contributed by atoms with Crippen molar-refractivity contribution in [3.8, 4) is 5.75 Å². The van der Waals surface area contributed by atoms with Gasteiger partial charge in [-0.25, -0.2) is 0 Å². The number of carbonyl (C=O) groups excluding carboxylic acids is 1. The summed E-state index contributed by atoms with van der Waals surface area (Å²) in [5.41, 5.74) is 1.12. The number of rotatable bonds is 4. The number of phenols is 1. The Hall–Kier alpha value is -1.26. The van der Waals surface area contributed by atoms with Gasteiger partial charge in [-0.3, -0.25) is 4.79 Å². The fourth-order valence-electron chi connectivity index (χ4n) is 2.21. The van der Waals surface area contributed by atoms with Crippen LogP contribution >= 0.6 is 12.4 Å². The molecule has 4 nitrogen and oxygen atoms in total. The highest BCUT2D eigenvalue weighted by Gasteiger charge is 2.19. The van der Waals surface area contributed by atoms with Gasteiger partial charge in [0.2, 0.25) is 5.91 Å². The average molecular weight is 285 g/mol. The molecule has 1 aliphatic heterocycles. The van der Waals surface area contributed by atoms with Crippen LogP contribution in [0.1, 0.15) is 18.4 Å². The second kappa shape index (κ2) is 8.02. The summed E-state index contributed by atoms with van der Waals surface area (Å²) in [6.45, 7) is 2.47. The summed E-state index contributed by atoms with van der Waals surface area (Å²) < 4.78 is 0. The quantitative estimate of drug-likeness (QED) is 0.785. The Labute approximate surface area is 120 Å². The van der Waals surface area contributed by atoms with Gasteiger partial charge < -0.3 is 15.7 Å². The van der Waals surface area contributed by atoms with Gasteiger partial charge >= 0.3 is 0 Å². The Bertz CT molecular complexity index is 389. The maximum Gasteiger partial charge on any atom is 0.224 e. The van der Waals surface area contributed by atoms with E-state index in [1.54, 1.807) is 12.1 Å². The summed E-state index contributed by atoms with van der Waals surface area (Å²) in [5, 5.41) is 15.4. The third kappa shape index (κ3) is 5.09. The van der Waals surface area contributed by atoms with Crippen molar-refractivity contribution in [2.24, 2.45) is 5.92 Å². The lowest BCUT2D eigenvalue weighted by Gasteiger charge is -2.21. The van der Waals surface area contributed by atoms with Crippen LogP contribution in [0.4, 0.5) is 0 Å². The Morgan fingerprint density at radius 1 is 1.37 bits per heavy atom. The molecule has 1 atom stereocenters. The van der Waals surface area contributed by atoms with E-state index in [1.807, 2.05) is 12.1 Å². The summed E-state index contributed by atoms with van der Waals surface area (Å²) >= 11 is 0.